The molecule has 0 saturated carbocycles. The number of urea groups is 1. The Morgan fingerprint density at radius 1 is 1.03 bits per heavy atom. The lowest BCUT2D eigenvalue weighted by molar-refractivity contribution is -0.119. The van der Waals surface area contributed by atoms with Crippen molar-refractivity contribution >= 4 is 23.6 Å². The zero-order valence-electron chi connectivity index (χ0n) is 16.2. The molecule has 150 valence electrons. The molecule has 0 saturated heterocycles. The summed E-state index contributed by atoms with van der Waals surface area (Å²) in [6, 6.07) is 14.6. The molecule has 0 aliphatic rings. The van der Waals surface area contributed by atoms with Crippen LogP contribution in [0.15, 0.2) is 48.5 Å². The van der Waals surface area contributed by atoms with E-state index in [1.54, 1.807) is 48.5 Å². The van der Waals surface area contributed by atoms with Crippen LogP contribution in [0, 0.1) is 11.3 Å². The molecule has 0 heterocycles. The van der Waals surface area contributed by atoms with Crippen LogP contribution < -0.4 is 16.0 Å². The summed E-state index contributed by atoms with van der Waals surface area (Å²) in [6.07, 6.45) is 0. The predicted molar refractivity (Wildman–Crippen MR) is 107 cm³/mol. The quantitative estimate of drug-likeness (QED) is 0.623. The van der Waals surface area contributed by atoms with Gasteiger partial charge in [0, 0.05) is 18.3 Å². The molecule has 0 aromatic heterocycles. The number of hydrogen-bond acceptors (Lipinski definition) is 5. The van der Waals surface area contributed by atoms with Crippen LogP contribution in [0.25, 0.3) is 0 Å². The molecule has 29 heavy (non-hydrogen) atoms. The van der Waals surface area contributed by atoms with Gasteiger partial charge in [0.1, 0.15) is 0 Å². The second-order valence-electron chi connectivity index (χ2n) is 6.49. The molecule has 2 rings (SSSR count). The first kappa shape index (κ1) is 21.4. The van der Waals surface area contributed by atoms with Crippen LogP contribution >= 0.6 is 0 Å². The Hall–Kier alpha value is -3.86. The molecule has 3 amide bonds. The molecule has 0 aliphatic heterocycles. The van der Waals surface area contributed by atoms with Gasteiger partial charge in [-0.2, -0.15) is 5.26 Å². The van der Waals surface area contributed by atoms with Gasteiger partial charge < -0.3 is 20.7 Å². The third-order valence-corrected chi connectivity index (χ3v) is 3.69. The fraction of sp³-hybridized carbons (Fsp3) is 0.238. The SMILES string of the molecule is CC(C)NC(=O)NCc1ccc(C(=O)OCC(=O)Nc2ccc(C#N)cc2)cc1. The highest BCUT2D eigenvalue weighted by molar-refractivity contribution is 5.95. The van der Waals surface area contributed by atoms with Gasteiger partial charge in [-0.05, 0) is 55.8 Å². The normalized spacial score (nSPS) is 10.0. The Morgan fingerprint density at radius 2 is 1.69 bits per heavy atom. The van der Waals surface area contributed by atoms with E-state index >= 15 is 0 Å². The number of carbonyl (C=O) groups excluding carboxylic acids is 3. The average molecular weight is 394 g/mol. The Morgan fingerprint density at radius 3 is 2.28 bits per heavy atom. The van der Waals surface area contributed by atoms with Gasteiger partial charge in [-0.25, -0.2) is 9.59 Å². The summed E-state index contributed by atoms with van der Waals surface area (Å²) in [5.41, 5.74) is 2.10. The fourth-order valence-corrected chi connectivity index (χ4v) is 2.29. The minimum absolute atomic E-state index is 0.0428. The van der Waals surface area contributed by atoms with E-state index in [2.05, 4.69) is 16.0 Å². The van der Waals surface area contributed by atoms with Crippen molar-refractivity contribution in [1.29, 1.82) is 5.26 Å². The summed E-state index contributed by atoms with van der Waals surface area (Å²) in [5.74, 6) is -1.11. The van der Waals surface area contributed by atoms with E-state index in [0.29, 0.717) is 23.4 Å². The number of nitriles is 1. The van der Waals surface area contributed by atoms with Crippen molar-refractivity contribution in [1.82, 2.24) is 10.6 Å². The maximum Gasteiger partial charge on any atom is 0.338 e. The molecule has 0 spiro atoms. The van der Waals surface area contributed by atoms with Crippen LogP contribution in [0.3, 0.4) is 0 Å². The van der Waals surface area contributed by atoms with Crippen LogP contribution in [0.5, 0.6) is 0 Å². The number of carbonyl (C=O) groups is 3. The lowest BCUT2D eigenvalue weighted by atomic mass is 10.1. The molecular formula is C21H22N4O4. The summed E-state index contributed by atoms with van der Waals surface area (Å²) in [6.45, 7) is 3.62. The number of benzene rings is 2. The summed E-state index contributed by atoms with van der Waals surface area (Å²) in [7, 11) is 0. The van der Waals surface area contributed by atoms with E-state index in [-0.39, 0.29) is 12.1 Å². The summed E-state index contributed by atoms with van der Waals surface area (Å²) >= 11 is 0. The van der Waals surface area contributed by atoms with Crippen molar-refractivity contribution in [3.63, 3.8) is 0 Å². The topological polar surface area (TPSA) is 120 Å². The zero-order chi connectivity index (χ0) is 21.2. The largest absolute Gasteiger partial charge is 0.452 e. The lowest BCUT2D eigenvalue weighted by Gasteiger charge is -2.10. The first-order valence-corrected chi connectivity index (χ1v) is 8.98. The Balaban J connectivity index is 1.78. The van der Waals surface area contributed by atoms with Gasteiger partial charge in [-0.1, -0.05) is 12.1 Å². The first-order chi connectivity index (χ1) is 13.9. The van der Waals surface area contributed by atoms with Crippen molar-refractivity contribution in [2.75, 3.05) is 11.9 Å². The molecule has 0 atom stereocenters. The maximum atomic E-state index is 12.1. The van der Waals surface area contributed by atoms with E-state index in [1.165, 1.54) is 0 Å². The van der Waals surface area contributed by atoms with E-state index in [1.807, 2.05) is 19.9 Å². The molecule has 0 bridgehead atoms. The zero-order valence-corrected chi connectivity index (χ0v) is 16.2. The molecule has 0 unspecified atom stereocenters. The van der Waals surface area contributed by atoms with Gasteiger partial charge >= 0.3 is 12.0 Å². The van der Waals surface area contributed by atoms with Gasteiger partial charge in [0.05, 0.1) is 17.2 Å². The van der Waals surface area contributed by atoms with E-state index in [4.69, 9.17) is 10.00 Å². The highest BCUT2D eigenvalue weighted by Crippen LogP contribution is 2.09. The standard InChI is InChI=1S/C21H22N4O4/c1-14(2)24-21(28)23-12-16-3-7-17(8-4-16)20(27)29-13-19(26)25-18-9-5-15(11-22)6-10-18/h3-10,14H,12-13H2,1-2H3,(H,25,26)(H2,23,24,28). The van der Waals surface area contributed by atoms with Crippen molar-refractivity contribution < 1.29 is 19.1 Å². The van der Waals surface area contributed by atoms with Crippen LogP contribution in [0.1, 0.15) is 35.3 Å². The smallest absolute Gasteiger partial charge is 0.338 e. The van der Waals surface area contributed by atoms with E-state index in [9.17, 15) is 14.4 Å². The second kappa shape index (κ2) is 10.5. The number of esters is 1. The molecule has 0 fully saturated rings. The molecule has 2 aromatic rings. The molecule has 2 aromatic carbocycles. The van der Waals surface area contributed by atoms with Gasteiger partial charge in [0.2, 0.25) is 0 Å². The number of anilines is 1. The monoisotopic (exact) mass is 394 g/mol. The number of ether oxygens (including phenoxy) is 1. The first-order valence-electron chi connectivity index (χ1n) is 8.98. The minimum atomic E-state index is -0.628. The molecule has 3 N–H and O–H groups in total. The van der Waals surface area contributed by atoms with Crippen molar-refractivity contribution in [2.45, 2.75) is 26.4 Å². The van der Waals surface area contributed by atoms with Crippen molar-refractivity contribution in [2.24, 2.45) is 0 Å². The number of nitrogens with one attached hydrogen (secondary N) is 3. The number of hydrogen-bond donors (Lipinski definition) is 3. The number of nitrogens with zero attached hydrogens (tertiary/aromatic N) is 1. The average Bonchev–Trinajstić information content (AvgIpc) is 2.71. The van der Waals surface area contributed by atoms with Crippen LogP contribution in [-0.2, 0) is 16.1 Å². The highest BCUT2D eigenvalue weighted by Gasteiger charge is 2.11. The second-order valence-corrected chi connectivity index (χ2v) is 6.49. The fourth-order valence-electron chi connectivity index (χ4n) is 2.29. The molecule has 8 nitrogen and oxygen atoms in total. The van der Waals surface area contributed by atoms with Gasteiger partial charge in [0.15, 0.2) is 6.61 Å². The minimum Gasteiger partial charge on any atom is -0.452 e. The number of rotatable bonds is 7. The van der Waals surface area contributed by atoms with Crippen molar-refractivity contribution in [3.05, 3.63) is 65.2 Å². The van der Waals surface area contributed by atoms with E-state index < -0.39 is 18.5 Å². The Bertz CT molecular complexity index is 900. The molecule has 8 heteroatoms. The van der Waals surface area contributed by atoms with Crippen LogP contribution in [0.2, 0.25) is 0 Å². The van der Waals surface area contributed by atoms with Gasteiger partial charge in [-0.15, -0.1) is 0 Å². The number of amides is 3. The maximum absolute atomic E-state index is 12.1. The van der Waals surface area contributed by atoms with Gasteiger partial charge in [-0.3, -0.25) is 4.79 Å². The summed E-state index contributed by atoms with van der Waals surface area (Å²) in [5, 5.41) is 16.8. The third kappa shape index (κ3) is 7.34. The summed E-state index contributed by atoms with van der Waals surface area (Å²) in [4.78, 5) is 35.5. The van der Waals surface area contributed by atoms with Crippen molar-refractivity contribution in [3.8, 4) is 6.07 Å². The molecule has 0 aliphatic carbocycles. The highest BCUT2D eigenvalue weighted by atomic mass is 16.5. The van der Waals surface area contributed by atoms with Gasteiger partial charge in [0.25, 0.3) is 5.91 Å². The van der Waals surface area contributed by atoms with E-state index in [0.717, 1.165) is 5.56 Å². The Kier molecular flexibility index (Phi) is 7.74. The lowest BCUT2D eigenvalue weighted by Crippen LogP contribution is -2.39. The predicted octanol–water partition coefficient (Wildman–Crippen LogP) is 2.56. The third-order valence-electron chi connectivity index (χ3n) is 3.69. The molecular weight excluding hydrogens is 372 g/mol. The molecule has 0 radical (unpaired) electrons. The van der Waals surface area contributed by atoms with Crippen LogP contribution in [0.4, 0.5) is 10.5 Å². The summed E-state index contributed by atoms with van der Waals surface area (Å²) < 4.78 is 5.01. The van der Waals surface area contributed by atoms with Crippen LogP contribution in [-0.4, -0.2) is 30.6 Å². The Labute approximate surface area is 168 Å².